The van der Waals surface area contributed by atoms with Crippen molar-refractivity contribution in [2.75, 3.05) is 17.7 Å². The van der Waals surface area contributed by atoms with Gasteiger partial charge in [-0.1, -0.05) is 29.3 Å². The number of thiocarbonyl (C=S) groups is 1. The van der Waals surface area contributed by atoms with Crippen molar-refractivity contribution < 1.29 is 9.53 Å². The quantitative estimate of drug-likeness (QED) is 0.421. The van der Waals surface area contributed by atoms with Crippen LogP contribution in [-0.2, 0) is 4.74 Å². The van der Waals surface area contributed by atoms with Crippen molar-refractivity contribution in [2.24, 2.45) is 0 Å². The van der Waals surface area contributed by atoms with Crippen LogP contribution in [0.3, 0.4) is 0 Å². The minimum atomic E-state index is -0.446. The zero-order valence-corrected chi connectivity index (χ0v) is 16.1. The van der Waals surface area contributed by atoms with Gasteiger partial charge in [0, 0.05) is 26.5 Å². The highest BCUT2D eigenvalue weighted by molar-refractivity contribution is 7.80. The lowest BCUT2D eigenvalue weighted by Crippen LogP contribution is -2.18. The first-order valence-corrected chi connectivity index (χ1v) is 9.10. The number of carbonyl (C=O) groups is 1. The van der Waals surface area contributed by atoms with Gasteiger partial charge in [0.15, 0.2) is 5.11 Å². The van der Waals surface area contributed by atoms with Gasteiger partial charge in [-0.2, -0.15) is 0 Å². The fraction of sp³-hybridized carbons (Fsp3) is 0.0588. The molecule has 0 unspecified atom stereocenters. The Labute approximate surface area is 163 Å². The van der Waals surface area contributed by atoms with Crippen LogP contribution in [0.15, 0.2) is 42.5 Å². The highest BCUT2D eigenvalue weighted by Crippen LogP contribution is 2.37. The minimum Gasteiger partial charge on any atom is -0.465 e. The molecule has 1 aromatic heterocycles. The summed E-state index contributed by atoms with van der Waals surface area (Å²) < 4.78 is 5.61. The van der Waals surface area contributed by atoms with Gasteiger partial charge < -0.3 is 15.4 Å². The average molecular weight is 411 g/mol. The van der Waals surface area contributed by atoms with Crippen LogP contribution in [0.5, 0.6) is 0 Å². The maximum atomic E-state index is 11.7. The molecule has 2 N–H and O–H groups in total. The molecule has 3 aromatic rings. The number of nitrogens with one attached hydrogen (secondary N) is 2. The van der Waals surface area contributed by atoms with E-state index in [1.165, 1.54) is 18.4 Å². The van der Waals surface area contributed by atoms with Crippen molar-refractivity contribution in [3.63, 3.8) is 0 Å². The van der Waals surface area contributed by atoms with E-state index in [1.807, 2.05) is 30.3 Å². The number of esters is 1. The lowest BCUT2D eigenvalue weighted by atomic mass is 10.2. The number of ether oxygens (including phenoxy) is 1. The number of carbonyl (C=O) groups excluding carboxylic acids is 1. The van der Waals surface area contributed by atoms with E-state index in [0.717, 1.165) is 21.5 Å². The summed E-state index contributed by atoms with van der Waals surface area (Å²) in [6, 6.07) is 12.8. The highest BCUT2D eigenvalue weighted by atomic mass is 35.5. The second-order valence-corrected chi connectivity index (χ2v) is 7.31. The zero-order valence-electron chi connectivity index (χ0n) is 12.9. The first kappa shape index (κ1) is 17.9. The maximum Gasteiger partial charge on any atom is 0.349 e. The number of halogens is 2. The Bertz CT molecular complexity index is 972. The summed E-state index contributed by atoms with van der Waals surface area (Å²) in [6.07, 6.45) is 0. The van der Waals surface area contributed by atoms with Crippen LogP contribution in [0.1, 0.15) is 9.67 Å². The monoisotopic (exact) mass is 410 g/mol. The van der Waals surface area contributed by atoms with Gasteiger partial charge in [0.05, 0.1) is 12.1 Å². The summed E-state index contributed by atoms with van der Waals surface area (Å²) in [5.41, 5.74) is 1.57. The van der Waals surface area contributed by atoms with E-state index in [-0.39, 0.29) is 0 Å². The second-order valence-electron chi connectivity index (χ2n) is 5.04. The molecule has 0 aliphatic heterocycles. The molecule has 4 nitrogen and oxygen atoms in total. The Morgan fingerprint density at radius 1 is 1.12 bits per heavy atom. The van der Waals surface area contributed by atoms with E-state index < -0.39 is 5.97 Å². The fourth-order valence-corrected chi connectivity index (χ4v) is 4.12. The van der Waals surface area contributed by atoms with E-state index in [0.29, 0.717) is 20.0 Å². The van der Waals surface area contributed by atoms with Crippen LogP contribution < -0.4 is 10.6 Å². The Kier molecular flexibility index (Phi) is 5.44. The van der Waals surface area contributed by atoms with Crippen molar-refractivity contribution in [1.29, 1.82) is 0 Å². The lowest BCUT2D eigenvalue weighted by Gasteiger charge is -2.10. The Morgan fingerprint density at radius 2 is 1.84 bits per heavy atom. The SMILES string of the molecule is COC(=O)c1sc2cc(NC(=S)Nc3cccc(Cl)c3)ccc2c1Cl. The number of benzene rings is 2. The standard InChI is InChI=1S/C17H12Cl2N2O2S2/c1-23-16(22)15-14(19)12-6-5-11(8-13(12)25-15)21-17(24)20-10-4-2-3-9(18)7-10/h2-8H,1H3,(H2,20,21,24). The summed E-state index contributed by atoms with van der Waals surface area (Å²) in [5.74, 6) is -0.446. The number of thiophene rings is 1. The molecule has 8 heteroatoms. The van der Waals surface area contributed by atoms with E-state index in [1.54, 1.807) is 12.1 Å². The number of hydrogen-bond donors (Lipinski definition) is 2. The third kappa shape index (κ3) is 4.04. The van der Waals surface area contributed by atoms with Gasteiger partial charge in [-0.05, 0) is 48.6 Å². The van der Waals surface area contributed by atoms with E-state index in [4.69, 9.17) is 40.2 Å². The summed E-state index contributed by atoms with van der Waals surface area (Å²) >= 11 is 18.8. The predicted octanol–water partition coefficient (Wildman–Crippen LogP) is 5.80. The largest absolute Gasteiger partial charge is 0.465 e. The fourth-order valence-electron chi connectivity index (χ4n) is 2.23. The molecule has 128 valence electrons. The van der Waals surface area contributed by atoms with Gasteiger partial charge in [0.25, 0.3) is 0 Å². The number of anilines is 2. The first-order chi connectivity index (χ1) is 12.0. The molecular weight excluding hydrogens is 399 g/mol. The Balaban J connectivity index is 1.80. The van der Waals surface area contributed by atoms with Crippen molar-refractivity contribution in [2.45, 2.75) is 0 Å². The van der Waals surface area contributed by atoms with Gasteiger partial charge >= 0.3 is 5.97 Å². The van der Waals surface area contributed by atoms with Crippen LogP contribution in [-0.4, -0.2) is 18.2 Å². The predicted molar refractivity (Wildman–Crippen MR) is 109 cm³/mol. The zero-order chi connectivity index (χ0) is 18.0. The lowest BCUT2D eigenvalue weighted by molar-refractivity contribution is 0.0606. The van der Waals surface area contributed by atoms with Crippen LogP contribution in [0.2, 0.25) is 10.0 Å². The molecule has 0 amide bonds. The molecule has 2 aromatic carbocycles. The van der Waals surface area contributed by atoms with Crippen LogP contribution in [0.25, 0.3) is 10.1 Å². The molecule has 0 fully saturated rings. The van der Waals surface area contributed by atoms with Crippen molar-refractivity contribution >= 4 is 79.3 Å². The molecule has 1 heterocycles. The first-order valence-electron chi connectivity index (χ1n) is 7.12. The third-order valence-electron chi connectivity index (χ3n) is 3.34. The normalized spacial score (nSPS) is 10.5. The van der Waals surface area contributed by atoms with Crippen molar-refractivity contribution in [3.8, 4) is 0 Å². The van der Waals surface area contributed by atoms with Gasteiger partial charge in [-0.3, -0.25) is 0 Å². The molecule has 0 atom stereocenters. The number of methoxy groups -OCH3 is 1. The summed E-state index contributed by atoms with van der Waals surface area (Å²) in [7, 11) is 1.33. The molecule has 0 saturated carbocycles. The summed E-state index contributed by atoms with van der Waals surface area (Å²) in [4.78, 5) is 12.1. The molecule has 0 bridgehead atoms. The highest BCUT2D eigenvalue weighted by Gasteiger charge is 2.17. The minimum absolute atomic E-state index is 0.385. The Morgan fingerprint density at radius 3 is 2.52 bits per heavy atom. The molecule has 25 heavy (non-hydrogen) atoms. The van der Waals surface area contributed by atoms with Crippen LogP contribution in [0, 0.1) is 0 Å². The smallest absolute Gasteiger partial charge is 0.349 e. The second kappa shape index (κ2) is 7.58. The van der Waals surface area contributed by atoms with Gasteiger partial charge in [-0.25, -0.2) is 4.79 Å². The Hall–Kier alpha value is -1.86. The summed E-state index contributed by atoms with van der Waals surface area (Å²) in [5, 5.41) is 8.41. The maximum absolute atomic E-state index is 11.7. The van der Waals surface area contributed by atoms with E-state index in [9.17, 15) is 4.79 Å². The van der Waals surface area contributed by atoms with Crippen LogP contribution in [0.4, 0.5) is 11.4 Å². The van der Waals surface area contributed by atoms with E-state index >= 15 is 0 Å². The van der Waals surface area contributed by atoms with Crippen molar-refractivity contribution in [3.05, 3.63) is 57.4 Å². The molecule has 0 aliphatic carbocycles. The topological polar surface area (TPSA) is 50.4 Å². The molecule has 0 spiro atoms. The molecule has 3 rings (SSSR count). The molecule has 0 aliphatic rings. The third-order valence-corrected chi connectivity index (χ3v) is 5.42. The molecular formula is C17H12Cl2N2O2S2. The van der Waals surface area contributed by atoms with Gasteiger partial charge in [-0.15, -0.1) is 11.3 Å². The molecule has 0 radical (unpaired) electrons. The van der Waals surface area contributed by atoms with Crippen molar-refractivity contribution in [1.82, 2.24) is 0 Å². The summed E-state index contributed by atoms with van der Waals surface area (Å²) in [6.45, 7) is 0. The van der Waals surface area contributed by atoms with E-state index in [2.05, 4.69) is 10.6 Å². The average Bonchev–Trinajstić information content (AvgIpc) is 2.90. The van der Waals surface area contributed by atoms with Gasteiger partial charge in [0.1, 0.15) is 4.88 Å². The number of rotatable bonds is 3. The molecule has 0 saturated heterocycles. The van der Waals surface area contributed by atoms with Gasteiger partial charge in [0.2, 0.25) is 0 Å². The number of hydrogen-bond acceptors (Lipinski definition) is 4. The van der Waals surface area contributed by atoms with Crippen LogP contribution >= 0.6 is 46.8 Å². The number of fused-ring (bicyclic) bond motifs is 1.